The monoisotopic (exact) mass is 176 g/mol. The summed E-state index contributed by atoms with van der Waals surface area (Å²) in [7, 11) is 0. The van der Waals surface area contributed by atoms with Gasteiger partial charge in [0, 0.05) is 24.2 Å². The molecule has 2 nitrogen and oxygen atoms in total. The van der Waals surface area contributed by atoms with Gasteiger partial charge in [-0.3, -0.25) is 0 Å². The fraction of sp³-hybridized carbons (Fsp3) is 1.00. The summed E-state index contributed by atoms with van der Waals surface area (Å²) in [6.07, 6.45) is 2.14. The molecule has 0 unspecified atom stereocenters. The zero-order chi connectivity index (χ0) is 8.10. The largest absolute Gasteiger partial charge is 0.393 e. The van der Waals surface area contributed by atoms with E-state index in [4.69, 9.17) is 9.84 Å². The molecule has 0 aliphatic carbocycles. The van der Waals surface area contributed by atoms with Gasteiger partial charge in [-0.1, -0.05) is 0 Å². The van der Waals surface area contributed by atoms with Gasteiger partial charge in [0.1, 0.15) is 0 Å². The van der Waals surface area contributed by atoms with Gasteiger partial charge in [-0.05, 0) is 19.8 Å². The number of rotatable bonds is 3. The molecule has 0 amide bonds. The van der Waals surface area contributed by atoms with E-state index in [1.54, 1.807) is 0 Å². The van der Waals surface area contributed by atoms with Crippen molar-refractivity contribution < 1.29 is 9.84 Å². The number of ether oxygens (including phenoxy) is 1. The lowest BCUT2D eigenvalue weighted by Gasteiger charge is -2.21. The SMILES string of the molecule is C[C@H](O)CSC1CCOCC1. The maximum atomic E-state index is 9.03. The first-order valence-corrected chi connectivity index (χ1v) is 5.21. The van der Waals surface area contributed by atoms with Crippen LogP contribution in [0.25, 0.3) is 0 Å². The van der Waals surface area contributed by atoms with Gasteiger partial charge in [-0.2, -0.15) is 11.8 Å². The van der Waals surface area contributed by atoms with Crippen molar-refractivity contribution in [1.29, 1.82) is 0 Å². The van der Waals surface area contributed by atoms with Gasteiger partial charge in [0.25, 0.3) is 0 Å². The molecule has 0 bridgehead atoms. The van der Waals surface area contributed by atoms with Gasteiger partial charge in [0.05, 0.1) is 6.10 Å². The Hall–Kier alpha value is 0.270. The smallest absolute Gasteiger partial charge is 0.0602 e. The Morgan fingerprint density at radius 1 is 1.55 bits per heavy atom. The molecule has 1 rings (SSSR count). The maximum absolute atomic E-state index is 9.03. The Kier molecular flexibility index (Phi) is 4.26. The van der Waals surface area contributed by atoms with Crippen LogP contribution in [0.15, 0.2) is 0 Å². The lowest BCUT2D eigenvalue weighted by Crippen LogP contribution is -2.19. The van der Waals surface area contributed by atoms with Crippen LogP contribution in [-0.4, -0.2) is 35.4 Å². The van der Waals surface area contributed by atoms with E-state index in [0.717, 1.165) is 37.1 Å². The fourth-order valence-electron chi connectivity index (χ4n) is 1.12. The Bertz CT molecular complexity index is 100. The molecule has 0 aromatic heterocycles. The topological polar surface area (TPSA) is 29.5 Å². The molecule has 1 heterocycles. The molecular formula is C8H16O2S. The van der Waals surface area contributed by atoms with E-state index < -0.39 is 0 Å². The van der Waals surface area contributed by atoms with E-state index in [0.29, 0.717) is 0 Å². The van der Waals surface area contributed by atoms with Crippen molar-refractivity contribution in [1.82, 2.24) is 0 Å². The van der Waals surface area contributed by atoms with Crippen molar-refractivity contribution in [2.24, 2.45) is 0 Å². The second kappa shape index (κ2) is 5.01. The van der Waals surface area contributed by atoms with Gasteiger partial charge in [-0.25, -0.2) is 0 Å². The van der Waals surface area contributed by atoms with E-state index in [1.807, 2.05) is 18.7 Å². The highest BCUT2D eigenvalue weighted by atomic mass is 32.2. The van der Waals surface area contributed by atoms with Crippen LogP contribution in [0, 0.1) is 0 Å². The normalized spacial score (nSPS) is 23.5. The number of aliphatic hydroxyl groups is 1. The molecule has 1 atom stereocenters. The number of aliphatic hydroxyl groups excluding tert-OH is 1. The molecule has 1 saturated heterocycles. The molecule has 1 aliphatic rings. The molecule has 0 aromatic carbocycles. The summed E-state index contributed by atoms with van der Waals surface area (Å²) in [6, 6.07) is 0. The van der Waals surface area contributed by atoms with E-state index in [9.17, 15) is 0 Å². The number of hydrogen-bond donors (Lipinski definition) is 1. The molecule has 1 fully saturated rings. The van der Waals surface area contributed by atoms with E-state index in [-0.39, 0.29) is 6.10 Å². The summed E-state index contributed by atoms with van der Waals surface area (Å²) >= 11 is 1.88. The first-order valence-electron chi connectivity index (χ1n) is 4.16. The van der Waals surface area contributed by atoms with Crippen molar-refractivity contribution in [3.8, 4) is 0 Å². The summed E-state index contributed by atoms with van der Waals surface area (Å²) in [5.41, 5.74) is 0. The molecule has 66 valence electrons. The zero-order valence-corrected chi connectivity index (χ0v) is 7.77. The molecule has 0 spiro atoms. The molecular weight excluding hydrogens is 160 g/mol. The standard InChI is InChI=1S/C8H16O2S/c1-7(9)6-11-8-2-4-10-5-3-8/h7-9H,2-6H2,1H3/t7-/m0/s1. The minimum absolute atomic E-state index is 0.164. The average Bonchev–Trinajstić information content (AvgIpc) is 2.03. The highest BCUT2D eigenvalue weighted by Crippen LogP contribution is 2.22. The van der Waals surface area contributed by atoms with Crippen LogP contribution in [0.4, 0.5) is 0 Å². The minimum Gasteiger partial charge on any atom is -0.393 e. The number of thioether (sulfide) groups is 1. The van der Waals surface area contributed by atoms with Crippen LogP contribution < -0.4 is 0 Å². The lowest BCUT2D eigenvalue weighted by molar-refractivity contribution is 0.0998. The van der Waals surface area contributed by atoms with Gasteiger partial charge in [0.2, 0.25) is 0 Å². The molecule has 3 heteroatoms. The molecule has 1 N–H and O–H groups in total. The van der Waals surface area contributed by atoms with Crippen LogP contribution in [0.3, 0.4) is 0 Å². The van der Waals surface area contributed by atoms with Crippen molar-refractivity contribution >= 4 is 11.8 Å². The Morgan fingerprint density at radius 3 is 2.73 bits per heavy atom. The van der Waals surface area contributed by atoms with Crippen molar-refractivity contribution in [3.63, 3.8) is 0 Å². The summed E-state index contributed by atoms with van der Waals surface area (Å²) in [5.74, 6) is 0.866. The third kappa shape index (κ3) is 3.99. The van der Waals surface area contributed by atoms with E-state index >= 15 is 0 Å². The van der Waals surface area contributed by atoms with Crippen molar-refractivity contribution in [3.05, 3.63) is 0 Å². The lowest BCUT2D eigenvalue weighted by atomic mass is 10.2. The Balaban J connectivity index is 2.05. The third-order valence-electron chi connectivity index (χ3n) is 1.74. The van der Waals surface area contributed by atoms with Crippen LogP contribution in [0.2, 0.25) is 0 Å². The minimum atomic E-state index is -0.164. The van der Waals surface area contributed by atoms with Gasteiger partial charge in [-0.15, -0.1) is 0 Å². The van der Waals surface area contributed by atoms with Crippen LogP contribution >= 0.6 is 11.8 Å². The summed E-state index contributed by atoms with van der Waals surface area (Å²) < 4.78 is 5.23. The molecule has 11 heavy (non-hydrogen) atoms. The van der Waals surface area contributed by atoms with Gasteiger partial charge < -0.3 is 9.84 Å². The summed E-state index contributed by atoms with van der Waals surface area (Å²) in [5, 5.41) is 9.75. The van der Waals surface area contributed by atoms with Crippen LogP contribution in [-0.2, 0) is 4.74 Å². The first-order chi connectivity index (χ1) is 5.29. The highest BCUT2D eigenvalue weighted by Gasteiger charge is 2.14. The maximum Gasteiger partial charge on any atom is 0.0602 e. The third-order valence-corrected chi connectivity index (χ3v) is 3.36. The average molecular weight is 176 g/mol. The second-order valence-corrected chi connectivity index (χ2v) is 4.33. The molecule has 1 aliphatic heterocycles. The van der Waals surface area contributed by atoms with E-state index in [1.165, 1.54) is 0 Å². The molecule has 0 aromatic rings. The molecule has 0 saturated carbocycles. The van der Waals surface area contributed by atoms with E-state index in [2.05, 4.69) is 0 Å². The quantitative estimate of drug-likeness (QED) is 0.702. The van der Waals surface area contributed by atoms with Gasteiger partial charge in [0.15, 0.2) is 0 Å². The van der Waals surface area contributed by atoms with Crippen molar-refractivity contribution in [2.75, 3.05) is 19.0 Å². The number of hydrogen-bond acceptors (Lipinski definition) is 3. The summed E-state index contributed by atoms with van der Waals surface area (Å²) in [4.78, 5) is 0. The van der Waals surface area contributed by atoms with Crippen LogP contribution in [0.1, 0.15) is 19.8 Å². The van der Waals surface area contributed by atoms with Crippen LogP contribution in [0.5, 0.6) is 0 Å². The summed E-state index contributed by atoms with van der Waals surface area (Å²) in [6.45, 7) is 3.64. The molecule has 0 radical (unpaired) electrons. The Morgan fingerprint density at radius 2 is 2.18 bits per heavy atom. The zero-order valence-electron chi connectivity index (χ0n) is 6.95. The predicted molar refractivity (Wildman–Crippen MR) is 48.0 cm³/mol. The fourth-order valence-corrected chi connectivity index (χ4v) is 2.19. The second-order valence-electron chi connectivity index (χ2n) is 2.99. The predicted octanol–water partition coefficient (Wildman–Crippen LogP) is 1.28. The van der Waals surface area contributed by atoms with Crippen molar-refractivity contribution in [2.45, 2.75) is 31.1 Å². The highest BCUT2D eigenvalue weighted by molar-refractivity contribution is 7.99. The van der Waals surface area contributed by atoms with Gasteiger partial charge >= 0.3 is 0 Å². The Labute approximate surface area is 72.3 Å². The first kappa shape index (κ1) is 9.36.